The standard InChI is InChI=1S/C22H25ClN4O2/c1-25-10-12-26(13-11-25)9-4-14-29-20-8-7-17(15-28)21(23)22(20)27-16-24-18-5-2-3-6-19(18)27/h2-3,5-8,15-16H,4,9-14H2,1H3. The van der Waals surface area contributed by atoms with E-state index in [2.05, 4.69) is 21.8 Å². The first-order valence-electron chi connectivity index (χ1n) is 9.91. The van der Waals surface area contributed by atoms with Crippen LogP contribution in [0.5, 0.6) is 5.75 Å². The molecule has 0 unspecified atom stereocenters. The molecule has 0 N–H and O–H groups in total. The van der Waals surface area contributed by atoms with E-state index < -0.39 is 0 Å². The minimum Gasteiger partial charge on any atom is -0.491 e. The fourth-order valence-corrected chi connectivity index (χ4v) is 3.97. The largest absolute Gasteiger partial charge is 0.491 e. The van der Waals surface area contributed by atoms with Gasteiger partial charge < -0.3 is 14.5 Å². The fourth-order valence-electron chi connectivity index (χ4n) is 3.67. The Bertz CT molecular complexity index is 996. The third-order valence-corrected chi connectivity index (χ3v) is 5.80. The number of hydrogen-bond acceptors (Lipinski definition) is 5. The van der Waals surface area contributed by atoms with Crippen LogP contribution < -0.4 is 4.74 Å². The molecule has 1 aliphatic heterocycles. The fraction of sp³-hybridized carbons (Fsp3) is 0.364. The number of para-hydroxylation sites is 2. The summed E-state index contributed by atoms with van der Waals surface area (Å²) in [5.74, 6) is 0.655. The molecule has 0 spiro atoms. The van der Waals surface area contributed by atoms with Gasteiger partial charge in [0.2, 0.25) is 0 Å². The van der Waals surface area contributed by atoms with E-state index in [1.54, 1.807) is 12.4 Å². The summed E-state index contributed by atoms with van der Waals surface area (Å²) in [7, 11) is 2.16. The average molecular weight is 413 g/mol. The Morgan fingerprint density at radius 3 is 2.72 bits per heavy atom. The zero-order valence-electron chi connectivity index (χ0n) is 16.6. The van der Waals surface area contributed by atoms with Gasteiger partial charge in [-0.1, -0.05) is 23.7 Å². The van der Waals surface area contributed by atoms with Gasteiger partial charge in [-0.25, -0.2) is 4.98 Å². The second-order valence-electron chi connectivity index (χ2n) is 7.38. The summed E-state index contributed by atoms with van der Waals surface area (Å²) in [6.45, 7) is 6.02. The maximum atomic E-state index is 11.4. The minimum absolute atomic E-state index is 0.375. The SMILES string of the molecule is CN1CCN(CCCOc2ccc(C=O)c(Cl)c2-n2cnc3ccccc32)CC1. The van der Waals surface area contributed by atoms with Crippen LogP contribution in [-0.4, -0.2) is 72.0 Å². The molecule has 0 bridgehead atoms. The number of fused-ring (bicyclic) bond motifs is 1. The molecule has 0 atom stereocenters. The summed E-state index contributed by atoms with van der Waals surface area (Å²) >= 11 is 6.58. The van der Waals surface area contributed by atoms with E-state index in [9.17, 15) is 4.79 Å². The zero-order chi connectivity index (χ0) is 20.2. The Labute approximate surface area is 175 Å². The Kier molecular flexibility index (Phi) is 6.13. The number of piperazine rings is 1. The van der Waals surface area contributed by atoms with Crippen molar-refractivity contribution in [2.24, 2.45) is 0 Å². The lowest BCUT2D eigenvalue weighted by Gasteiger charge is -2.32. The predicted molar refractivity (Wildman–Crippen MR) is 116 cm³/mol. The van der Waals surface area contributed by atoms with Crippen molar-refractivity contribution in [2.45, 2.75) is 6.42 Å². The highest BCUT2D eigenvalue weighted by Gasteiger charge is 2.18. The van der Waals surface area contributed by atoms with Crippen LogP contribution in [-0.2, 0) is 0 Å². The highest BCUT2D eigenvalue weighted by Crippen LogP contribution is 2.35. The molecule has 1 saturated heterocycles. The minimum atomic E-state index is 0.375. The molecule has 6 nitrogen and oxygen atoms in total. The summed E-state index contributed by atoms with van der Waals surface area (Å²) in [5, 5.41) is 0.375. The van der Waals surface area contributed by atoms with Gasteiger partial charge in [0.15, 0.2) is 6.29 Å². The van der Waals surface area contributed by atoms with Crippen molar-refractivity contribution >= 4 is 28.9 Å². The average Bonchev–Trinajstić information content (AvgIpc) is 3.16. The number of carbonyl (C=O) groups excluding carboxylic acids is 1. The molecule has 3 aromatic rings. The molecular weight excluding hydrogens is 388 g/mol. The molecule has 7 heteroatoms. The van der Waals surface area contributed by atoms with E-state index in [1.165, 1.54) is 0 Å². The van der Waals surface area contributed by atoms with Crippen molar-refractivity contribution in [3.05, 3.63) is 53.3 Å². The number of hydrogen-bond donors (Lipinski definition) is 0. The molecule has 2 aromatic carbocycles. The van der Waals surface area contributed by atoms with Gasteiger partial charge in [-0.2, -0.15) is 0 Å². The molecule has 0 aliphatic carbocycles. The first-order valence-corrected chi connectivity index (χ1v) is 10.3. The van der Waals surface area contributed by atoms with Gasteiger partial charge in [0.1, 0.15) is 17.8 Å². The molecular formula is C22H25ClN4O2. The molecule has 4 rings (SSSR count). The van der Waals surface area contributed by atoms with Gasteiger partial charge in [0.25, 0.3) is 0 Å². The first-order chi connectivity index (χ1) is 14.2. The van der Waals surface area contributed by atoms with Crippen LogP contribution in [0.3, 0.4) is 0 Å². The van der Waals surface area contributed by atoms with Crippen molar-refractivity contribution < 1.29 is 9.53 Å². The van der Waals surface area contributed by atoms with Gasteiger partial charge in [-0.15, -0.1) is 0 Å². The number of likely N-dealkylation sites (N-methyl/N-ethyl adjacent to an activating group) is 1. The van der Waals surface area contributed by atoms with Gasteiger partial charge in [0, 0.05) is 38.3 Å². The first kappa shape index (κ1) is 19.9. The van der Waals surface area contributed by atoms with E-state index in [0.717, 1.165) is 56.5 Å². The van der Waals surface area contributed by atoms with E-state index >= 15 is 0 Å². The van der Waals surface area contributed by atoms with Crippen LogP contribution in [0.2, 0.25) is 5.02 Å². The number of benzene rings is 2. The predicted octanol–water partition coefficient (Wildman–Crippen LogP) is 3.51. The maximum absolute atomic E-state index is 11.4. The van der Waals surface area contributed by atoms with Crippen LogP contribution in [0.1, 0.15) is 16.8 Å². The summed E-state index contributed by atoms with van der Waals surface area (Å²) < 4.78 is 8.01. The molecule has 152 valence electrons. The number of halogens is 1. The summed E-state index contributed by atoms with van der Waals surface area (Å²) in [5.41, 5.74) is 2.87. The van der Waals surface area contributed by atoms with E-state index in [1.807, 2.05) is 34.9 Å². The van der Waals surface area contributed by atoms with E-state index in [0.29, 0.717) is 28.6 Å². The van der Waals surface area contributed by atoms with Crippen molar-refractivity contribution in [3.8, 4) is 11.4 Å². The number of ether oxygens (including phenoxy) is 1. The third-order valence-electron chi connectivity index (χ3n) is 5.40. The number of carbonyl (C=O) groups is 1. The topological polar surface area (TPSA) is 50.6 Å². The number of aromatic nitrogens is 2. The van der Waals surface area contributed by atoms with Crippen LogP contribution in [0.15, 0.2) is 42.7 Å². The Morgan fingerprint density at radius 1 is 1.14 bits per heavy atom. The number of rotatable bonds is 7. The smallest absolute Gasteiger partial charge is 0.151 e. The van der Waals surface area contributed by atoms with Crippen molar-refractivity contribution in [1.82, 2.24) is 19.4 Å². The Morgan fingerprint density at radius 2 is 1.93 bits per heavy atom. The number of imidazole rings is 1. The molecule has 0 amide bonds. The quantitative estimate of drug-likeness (QED) is 0.439. The monoisotopic (exact) mass is 412 g/mol. The van der Waals surface area contributed by atoms with E-state index in [4.69, 9.17) is 16.3 Å². The summed E-state index contributed by atoms with van der Waals surface area (Å²) in [4.78, 5) is 20.7. The Hall–Kier alpha value is -2.41. The Balaban J connectivity index is 1.53. The summed E-state index contributed by atoms with van der Waals surface area (Å²) in [6.07, 6.45) is 3.42. The van der Waals surface area contributed by atoms with Crippen LogP contribution in [0.25, 0.3) is 16.7 Å². The van der Waals surface area contributed by atoms with Gasteiger partial charge in [0.05, 0.1) is 22.7 Å². The third kappa shape index (κ3) is 4.29. The number of aldehydes is 1. The van der Waals surface area contributed by atoms with Crippen LogP contribution >= 0.6 is 11.6 Å². The van der Waals surface area contributed by atoms with Crippen molar-refractivity contribution in [2.75, 3.05) is 46.4 Å². The van der Waals surface area contributed by atoms with Crippen molar-refractivity contribution in [1.29, 1.82) is 0 Å². The molecule has 2 heterocycles. The molecule has 1 aromatic heterocycles. The molecule has 1 aliphatic rings. The van der Waals surface area contributed by atoms with Crippen LogP contribution in [0.4, 0.5) is 0 Å². The van der Waals surface area contributed by atoms with Gasteiger partial charge >= 0.3 is 0 Å². The molecule has 0 radical (unpaired) electrons. The second kappa shape index (κ2) is 8.95. The lowest BCUT2D eigenvalue weighted by atomic mass is 10.2. The zero-order valence-corrected chi connectivity index (χ0v) is 17.3. The lowest BCUT2D eigenvalue weighted by molar-refractivity contribution is 0.112. The molecule has 1 fully saturated rings. The number of nitrogens with zero attached hydrogens (tertiary/aromatic N) is 4. The van der Waals surface area contributed by atoms with Crippen LogP contribution in [0, 0.1) is 0 Å². The summed E-state index contributed by atoms with van der Waals surface area (Å²) in [6, 6.07) is 11.3. The van der Waals surface area contributed by atoms with Crippen molar-refractivity contribution in [3.63, 3.8) is 0 Å². The second-order valence-corrected chi connectivity index (χ2v) is 7.76. The maximum Gasteiger partial charge on any atom is 0.151 e. The normalized spacial score (nSPS) is 15.7. The van der Waals surface area contributed by atoms with Gasteiger partial charge in [-0.3, -0.25) is 9.36 Å². The highest BCUT2D eigenvalue weighted by atomic mass is 35.5. The highest BCUT2D eigenvalue weighted by molar-refractivity contribution is 6.35. The lowest BCUT2D eigenvalue weighted by Crippen LogP contribution is -2.44. The molecule has 29 heavy (non-hydrogen) atoms. The van der Waals surface area contributed by atoms with E-state index in [-0.39, 0.29) is 0 Å². The molecule has 0 saturated carbocycles. The van der Waals surface area contributed by atoms with Gasteiger partial charge in [-0.05, 0) is 37.7 Å².